The first-order chi connectivity index (χ1) is 19.5. The van der Waals surface area contributed by atoms with E-state index in [0.29, 0.717) is 41.6 Å². The lowest BCUT2D eigenvalue weighted by Gasteiger charge is -2.15. The van der Waals surface area contributed by atoms with Crippen LogP contribution in [0.3, 0.4) is 0 Å². The van der Waals surface area contributed by atoms with Crippen molar-refractivity contribution in [2.24, 2.45) is 0 Å². The van der Waals surface area contributed by atoms with Crippen LogP contribution >= 0.6 is 0 Å². The Balaban J connectivity index is 1.45. The maximum absolute atomic E-state index is 13.2. The molecule has 0 N–H and O–H groups in total. The molecule has 4 aromatic carbocycles. The molecule has 0 saturated carbocycles. The van der Waals surface area contributed by atoms with E-state index in [1.54, 1.807) is 25.3 Å². The molecule has 0 aliphatic heterocycles. The van der Waals surface area contributed by atoms with Crippen LogP contribution in [0.5, 0.6) is 28.7 Å². The highest BCUT2D eigenvalue weighted by atomic mass is 16.5. The molecular weight excluding hydrogens is 506 g/mol. The molecule has 0 amide bonds. The molecule has 40 heavy (non-hydrogen) atoms. The van der Waals surface area contributed by atoms with Crippen LogP contribution in [-0.4, -0.2) is 39.3 Å². The van der Waals surface area contributed by atoms with Gasteiger partial charge in [-0.2, -0.15) is 0 Å². The van der Waals surface area contributed by atoms with Crippen molar-refractivity contribution in [3.05, 3.63) is 113 Å². The summed E-state index contributed by atoms with van der Waals surface area (Å²) in [6, 6.07) is 30.1. The van der Waals surface area contributed by atoms with E-state index in [1.807, 2.05) is 93.0 Å². The van der Waals surface area contributed by atoms with Crippen molar-refractivity contribution in [2.75, 3.05) is 34.4 Å². The van der Waals surface area contributed by atoms with Gasteiger partial charge in [0.2, 0.25) is 5.75 Å². The molecule has 0 aliphatic rings. The number of hydrogen-bond acceptors (Lipinski definition) is 7. The van der Waals surface area contributed by atoms with E-state index in [1.165, 1.54) is 0 Å². The topological polar surface area (TPSA) is 70.4 Å². The Kier molecular flexibility index (Phi) is 8.32. The summed E-state index contributed by atoms with van der Waals surface area (Å²) in [7, 11) is 5.57. The second kappa shape index (κ2) is 12.4. The number of methoxy groups -OCH3 is 1. The number of fused-ring (bicyclic) bond motifs is 1. The van der Waals surface area contributed by atoms with E-state index in [4.69, 9.17) is 23.4 Å². The Morgan fingerprint density at radius 2 is 1.40 bits per heavy atom. The Bertz CT molecular complexity index is 1610. The van der Waals surface area contributed by atoms with E-state index in [-0.39, 0.29) is 5.75 Å². The first-order valence-electron chi connectivity index (χ1n) is 13.0. The number of likely N-dealkylation sites (N-methyl/N-ethyl adjacent to an activating group) is 1. The fourth-order valence-corrected chi connectivity index (χ4v) is 4.20. The highest BCUT2D eigenvalue weighted by Gasteiger charge is 2.19. The van der Waals surface area contributed by atoms with Crippen LogP contribution in [0.4, 0.5) is 0 Å². The van der Waals surface area contributed by atoms with Crippen LogP contribution in [0, 0.1) is 0 Å². The van der Waals surface area contributed by atoms with Crippen molar-refractivity contribution in [3.8, 4) is 39.9 Å². The molecule has 0 spiro atoms. The number of ether oxygens (including phenoxy) is 4. The van der Waals surface area contributed by atoms with Gasteiger partial charge in [-0.15, -0.1) is 0 Å². The number of nitrogens with zero attached hydrogens (tertiary/aromatic N) is 1. The highest BCUT2D eigenvalue weighted by molar-refractivity contribution is 5.97. The number of hydrogen-bond donors (Lipinski definition) is 0. The fourth-order valence-electron chi connectivity index (χ4n) is 4.20. The molecule has 204 valence electrons. The largest absolute Gasteiger partial charge is 0.497 e. The zero-order valence-corrected chi connectivity index (χ0v) is 22.8. The van der Waals surface area contributed by atoms with Gasteiger partial charge in [-0.25, -0.2) is 4.79 Å². The van der Waals surface area contributed by atoms with Crippen molar-refractivity contribution in [2.45, 2.75) is 6.61 Å². The second-order valence-electron chi connectivity index (χ2n) is 9.48. The Morgan fingerprint density at radius 3 is 2.10 bits per heavy atom. The average molecular weight is 538 g/mol. The molecule has 5 aromatic rings. The predicted molar refractivity (Wildman–Crippen MR) is 156 cm³/mol. The molecule has 0 unspecified atom stereocenters. The first-order valence-corrected chi connectivity index (χ1v) is 13.0. The van der Waals surface area contributed by atoms with Crippen molar-refractivity contribution in [3.63, 3.8) is 0 Å². The summed E-state index contributed by atoms with van der Waals surface area (Å²) in [5.41, 5.74) is 2.31. The highest BCUT2D eigenvalue weighted by Crippen LogP contribution is 2.38. The van der Waals surface area contributed by atoms with Crippen LogP contribution < -0.4 is 24.6 Å². The summed E-state index contributed by atoms with van der Waals surface area (Å²) in [6.45, 7) is 1.84. The van der Waals surface area contributed by atoms with Gasteiger partial charge in [0.15, 0.2) is 0 Å². The fraction of sp³-hybridized carbons (Fsp3) is 0.182. The zero-order chi connectivity index (χ0) is 27.9. The van der Waals surface area contributed by atoms with Gasteiger partial charge in [0.25, 0.3) is 0 Å². The monoisotopic (exact) mass is 537 g/mol. The zero-order valence-electron chi connectivity index (χ0n) is 22.8. The maximum atomic E-state index is 13.2. The van der Waals surface area contributed by atoms with Gasteiger partial charge in [-0.3, -0.25) is 0 Å². The quantitative estimate of drug-likeness (QED) is 0.172. The van der Waals surface area contributed by atoms with Crippen LogP contribution in [0.25, 0.3) is 22.1 Å². The summed E-state index contributed by atoms with van der Waals surface area (Å²) in [5, 5.41) is 0.722. The molecule has 0 saturated heterocycles. The molecule has 0 aliphatic carbocycles. The maximum Gasteiger partial charge on any atom is 0.380 e. The Labute approximate surface area is 233 Å². The summed E-state index contributed by atoms with van der Waals surface area (Å²) >= 11 is 0. The number of rotatable bonds is 11. The smallest absolute Gasteiger partial charge is 0.380 e. The summed E-state index contributed by atoms with van der Waals surface area (Å²) in [4.78, 5) is 15.3. The van der Waals surface area contributed by atoms with Gasteiger partial charge in [-0.1, -0.05) is 42.5 Å². The van der Waals surface area contributed by atoms with Gasteiger partial charge in [0.1, 0.15) is 41.8 Å². The molecular formula is C33H31NO6. The first kappa shape index (κ1) is 26.8. The molecule has 0 radical (unpaired) electrons. The van der Waals surface area contributed by atoms with E-state index in [0.717, 1.165) is 28.8 Å². The van der Waals surface area contributed by atoms with Crippen LogP contribution in [-0.2, 0) is 6.61 Å². The Morgan fingerprint density at radius 1 is 0.750 bits per heavy atom. The predicted octanol–water partition coefficient (Wildman–Crippen LogP) is 6.78. The van der Waals surface area contributed by atoms with Crippen LogP contribution in [0.15, 0.2) is 106 Å². The minimum Gasteiger partial charge on any atom is -0.497 e. The minimum atomic E-state index is -0.591. The second-order valence-corrected chi connectivity index (χ2v) is 9.48. The lowest BCUT2D eigenvalue weighted by molar-refractivity contribution is 0.261. The summed E-state index contributed by atoms with van der Waals surface area (Å²) in [6.07, 6.45) is 0. The van der Waals surface area contributed by atoms with Gasteiger partial charge in [-0.05, 0) is 73.8 Å². The third-order valence-corrected chi connectivity index (χ3v) is 6.32. The van der Waals surface area contributed by atoms with Gasteiger partial charge in [0.05, 0.1) is 7.11 Å². The van der Waals surface area contributed by atoms with E-state index < -0.39 is 5.63 Å². The molecule has 7 nitrogen and oxygen atoms in total. The van der Waals surface area contributed by atoms with Crippen molar-refractivity contribution >= 4 is 11.0 Å². The third kappa shape index (κ3) is 6.45. The van der Waals surface area contributed by atoms with Gasteiger partial charge in [0, 0.05) is 23.6 Å². The SMILES string of the molecule is COc1ccc2c(-c3ccc(OCCN(C)C)cc3)c(Oc3ccc(OCc4ccccc4)cc3)c(=O)oc2c1. The molecule has 0 atom stereocenters. The average Bonchev–Trinajstić information content (AvgIpc) is 2.98. The normalized spacial score (nSPS) is 11.0. The molecule has 7 heteroatoms. The van der Waals surface area contributed by atoms with Crippen molar-refractivity contribution in [1.82, 2.24) is 4.90 Å². The molecule has 1 heterocycles. The van der Waals surface area contributed by atoms with Crippen molar-refractivity contribution < 1.29 is 23.4 Å². The molecule has 0 bridgehead atoms. The van der Waals surface area contributed by atoms with Gasteiger partial charge < -0.3 is 28.3 Å². The van der Waals surface area contributed by atoms with Crippen LogP contribution in [0.1, 0.15) is 5.56 Å². The lowest BCUT2D eigenvalue weighted by atomic mass is 10.0. The molecule has 0 fully saturated rings. The van der Waals surface area contributed by atoms with Crippen LogP contribution in [0.2, 0.25) is 0 Å². The molecule has 5 rings (SSSR count). The van der Waals surface area contributed by atoms with E-state index in [2.05, 4.69) is 4.90 Å². The summed E-state index contributed by atoms with van der Waals surface area (Å²) < 4.78 is 28.9. The molecule has 1 aromatic heterocycles. The minimum absolute atomic E-state index is 0.0943. The summed E-state index contributed by atoms with van der Waals surface area (Å²) in [5.74, 6) is 2.60. The van der Waals surface area contributed by atoms with Gasteiger partial charge >= 0.3 is 5.63 Å². The lowest BCUT2D eigenvalue weighted by Crippen LogP contribution is -2.19. The van der Waals surface area contributed by atoms with Crippen molar-refractivity contribution in [1.29, 1.82) is 0 Å². The Hall–Kier alpha value is -4.75. The standard InChI is InChI=1S/C33H31NO6/c1-34(2)19-20-37-25-11-9-24(10-12-25)31-29-18-17-28(36-3)21-30(29)40-33(35)32(31)39-27-15-13-26(14-16-27)38-22-23-7-5-4-6-8-23/h4-18,21H,19-20,22H2,1-3H3. The number of benzene rings is 4. The van der Waals surface area contributed by atoms with E-state index >= 15 is 0 Å². The third-order valence-electron chi connectivity index (χ3n) is 6.32. The van der Waals surface area contributed by atoms with E-state index in [9.17, 15) is 4.79 Å².